The second kappa shape index (κ2) is 4.98. The fraction of sp³-hybridized carbons (Fsp3) is 0. The lowest BCUT2D eigenvalue weighted by Gasteiger charge is -2.12. The van der Waals surface area contributed by atoms with Crippen LogP contribution in [-0.4, -0.2) is 5.91 Å². The molecule has 5 heteroatoms. The largest absolute Gasteiger partial charge is 0.397 e. The van der Waals surface area contributed by atoms with Crippen molar-refractivity contribution >= 4 is 34.6 Å². The fourth-order valence-electron chi connectivity index (χ4n) is 1.59. The Kier molecular flexibility index (Phi) is 3.39. The number of rotatable bonds is 3. The van der Waals surface area contributed by atoms with Crippen molar-refractivity contribution in [2.75, 3.05) is 11.1 Å². The van der Waals surface area contributed by atoms with Crippen LogP contribution in [-0.2, 0) is 0 Å². The van der Waals surface area contributed by atoms with E-state index in [-0.39, 0.29) is 0 Å². The highest BCUT2D eigenvalue weighted by Crippen LogP contribution is 2.27. The third-order valence-corrected chi connectivity index (χ3v) is 2.73. The maximum absolute atomic E-state index is 11.3. The van der Waals surface area contributed by atoms with Gasteiger partial charge < -0.3 is 16.8 Å². The van der Waals surface area contributed by atoms with Gasteiger partial charge in [-0.2, -0.15) is 0 Å². The number of amides is 1. The van der Waals surface area contributed by atoms with Crippen molar-refractivity contribution in [2.45, 2.75) is 0 Å². The van der Waals surface area contributed by atoms with Crippen LogP contribution in [0.4, 0.5) is 17.1 Å². The number of nitrogens with two attached hydrogens (primary N) is 2. The molecule has 0 fully saturated rings. The number of primary amides is 1. The van der Waals surface area contributed by atoms with E-state index in [9.17, 15) is 4.79 Å². The lowest BCUT2D eigenvalue weighted by Crippen LogP contribution is -2.14. The minimum atomic E-state index is -0.529. The number of carbonyl (C=O) groups excluding carboxylic acids is 1. The van der Waals surface area contributed by atoms with Crippen LogP contribution in [0.5, 0.6) is 0 Å². The second-order valence-corrected chi connectivity index (χ2v) is 4.20. The summed E-state index contributed by atoms with van der Waals surface area (Å²) < 4.78 is 0. The van der Waals surface area contributed by atoms with Crippen LogP contribution < -0.4 is 16.8 Å². The summed E-state index contributed by atoms with van der Waals surface area (Å²) in [5.41, 5.74) is 13.2. The lowest BCUT2D eigenvalue weighted by atomic mass is 10.1. The van der Waals surface area contributed by atoms with Crippen LogP contribution in [0.15, 0.2) is 42.5 Å². The molecule has 0 radical (unpaired) electrons. The number of benzene rings is 2. The predicted octanol–water partition coefficient (Wildman–Crippen LogP) is 2.76. The van der Waals surface area contributed by atoms with E-state index in [4.69, 9.17) is 23.1 Å². The van der Waals surface area contributed by atoms with E-state index in [0.29, 0.717) is 22.0 Å². The normalized spacial score (nSPS) is 10.1. The predicted molar refractivity (Wildman–Crippen MR) is 74.1 cm³/mol. The molecule has 92 valence electrons. The summed E-state index contributed by atoms with van der Waals surface area (Å²) >= 11 is 5.80. The van der Waals surface area contributed by atoms with Gasteiger partial charge in [0.05, 0.1) is 16.9 Å². The van der Waals surface area contributed by atoms with Gasteiger partial charge in [0, 0.05) is 10.7 Å². The molecule has 1 amide bonds. The minimum Gasteiger partial charge on any atom is -0.397 e. The quantitative estimate of drug-likeness (QED) is 0.743. The number of nitrogens with one attached hydrogen (secondary N) is 1. The molecule has 0 aliphatic carbocycles. The first-order valence-electron chi connectivity index (χ1n) is 5.29. The zero-order chi connectivity index (χ0) is 13.1. The maximum atomic E-state index is 11.3. The van der Waals surface area contributed by atoms with Crippen LogP contribution in [0.1, 0.15) is 10.4 Å². The summed E-state index contributed by atoms with van der Waals surface area (Å²) in [5.74, 6) is -0.529. The number of nitrogen functional groups attached to an aromatic ring is 1. The number of hydrogen-bond acceptors (Lipinski definition) is 3. The van der Waals surface area contributed by atoms with Crippen molar-refractivity contribution in [2.24, 2.45) is 5.73 Å². The van der Waals surface area contributed by atoms with E-state index in [1.807, 2.05) is 0 Å². The Hall–Kier alpha value is -2.20. The van der Waals surface area contributed by atoms with Crippen molar-refractivity contribution in [3.8, 4) is 0 Å². The van der Waals surface area contributed by atoms with Gasteiger partial charge in [-0.05, 0) is 36.4 Å². The average Bonchev–Trinajstić information content (AvgIpc) is 2.34. The van der Waals surface area contributed by atoms with Crippen LogP contribution >= 0.6 is 11.6 Å². The molecule has 0 aliphatic heterocycles. The van der Waals surface area contributed by atoms with Gasteiger partial charge in [-0.3, -0.25) is 4.79 Å². The molecular weight excluding hydrogens is 250 g/mol. The Morgan fingerprint density at radius 2 is 1.78 bits per heavy atom. The molecule has 5 N–H and O–H groups in total. The Morgan fingerprint density at radius 1 is 1.11 bits per heavy atom. The maximum Gasteiger partial charge on any atom is 0.250 e. The van der Waals surface area contributed by atoms with Crippen molar-refractivity contribution < 1.29 is 4.79 Å². The second-order valence-electron chi connectivity index (χ2n) is 3.77. The van der Waals surface area contributed by atoms with Crippen molar-refractivity contribution in [1.29, 1.82) is 0 Å². The number of para-hydroxylation sites is 1. The molecule has 0 saturated carbocycles. The molecule has 0 atom stereocenters. The molecule has 4 nitrogen and oxygen atoms in total. The van der Waals surface area contributed by atoms with Gasteiger partial charge in [0.2, 0.25) is 0 Å². The number of hydrogen-bond donors (Lipinski definition) is 3. The van der Waals surface area contributed by atoms with Crippen LogP contribution in [0.2, 0.25) is 5.02 Å². The van der Waals surface area contributed by atoms with E-state index >= 15 is 0 Å². The van der Waals surface area contributed by atoms with Gasteiger partial charge in [-0.1, -0.05) is 17.7 Å². The van der Waals surface area contributed by atoms with Gasteiger partial charge in [-0.25, -0.2) is 0 Å². The molecule has 18 heavy (non-hydrogen) atoms. The van der Waals surface area contributed by atoms with Gasteiger partial charge in [-0.15, -0.1) is 0 Å². The zero-order valence-corrected chi connectivity index (χ0v) is 10.2. The fourth-order valence-corrected chi connectivity index (χ4v) is 1.72. The number of anilines is 3. The molecule has 2 aromatic rings. The van der Waals surface area contributed by atoms with Crippen molar-refractivity contribution in [1.82, 2.24) is 0 Å². The third kappa shape index (κ3) is 2.55. The molecule has 0 unspecified atom stereocenters. The average molecular weight is 262 g/mol. The monoisotopic (exact) mass is 261 g/mol. The smallest absolute Gasteiger partial charge is 0.250 e. The first-order valence-corrected chi connectivity index (χ1v) is 5.66. The van der Waals surface area contributed by atoms with Gasteiger partial charge >= 0.3 is 0 Å². The zero-order valence-electron chi connectivity index (χ0n) is 9.48. The van der Waals surface area contributed by atoms with Crippen LogP contribution in [0, 0.1) is 0 Å². The molecule has 0 bridgehead atoms. The number of halogens is 1. The van der Waals surface area contributed by atoms with E-state index in [1.165, 1.54) is 0 Å². The van der Waals surface area contributed by atoms with Crippen molar-refractivity contribution in [3.05, 3.63) is 53.1 Å². The van der Waals surface area contributed by atoms with E-state index in [2.05, 4.69) is 5.32 Å². The molecule has 2 aromatic carbocycles. The van der Waals surface area contributed by atoms with Crippen molar-refractivity contribution in [3.63, 3.8) is 0 Å². The Labute approximate surface area is 110 Å². The summed E-state index contributed by atoms with van der Waals surface area (Å²) in [5, 5.41) is 3.70. The Balaban J connectivity index is 2.39. The van der Waals surface area contributed by atoms with E-state index in [1.54, 1.807) is 42.5 Å². The summed E-state index contributed by atoms with van der Waals surface area (Å²) in [7, 11) is 0. The molecule has 0 saturated heterocycles. The van der Waals surface area contributed by atoms with Crippen LogP contribution in [0.3, 0.4) is 0 Å². The molecule has 0 spiro atoms. The SMILES string of the molecule is NC(=O)c1cccc(N)c1Nc1ccc(Cl)cc1. The van der Waals surface area contributed by atoms with Crippen LogP contribution in [0.25, 0.3) is 0 Å². The molecule has 0 heterocycles. The Bertz CT molecular complexity index is 581. The molecule has 0 aliphatic rings. The molecule has 0 aromatic heterocycles. The van der Waals surface area contributed by atoms with E-state index < -0.39 is 5.91 Å². The molecule has 2 rings (SSSR count). The van der Waals surface area contributed by atoms with Gasteiger partial charge in [0.1, 0.15) is 0 Å². The standard InChI is InChI=1S/C13H12ClN3O/c14-8-4-6-9(7-5-8)17-12-10(13(16)18)2-1-3-11(12)15/h1-7,17H,15H2,(H2,16,18). The highest BCUT2D eigenvalue weighted by atomic mass is 35.5. The first-order chi connectivity index (χ1) is 8.58. The van der Waals surface area contributed by atoms with Gasteiger partial charge in [0.15, 0.2) is 0 Å². The molecular formula is C13H12ClN3O. The first kappa shape index (κ1) is 12.3. The number of carbonyl (C=O) groups is 1. The highest BCUT2D eigenvalue weighted by molar-refractivity contribution is 6.30. The van der Waals surface area contributed by atoms with E-state index in [0.717, 1.165) is 5.69 Å². The third-order valence-electron chi connectivity index (χ3n) is 2.48. The minimum absolute atomic E-state index is 0.352. The Morgan fingerprint density at radius 3 is 2.39 bits per heavy atom. The summed E-state index contributed by atoms with van der Waals surface area (Å²) in [6.45, 7) is 0. The topological polar surface area (TPSA) is 81.1 Å². The summed E-state index contributed by atoms with van der Waals surface area (Å²) in [4.78, 5) is 11.3. The summed E-state index contributed by atoms with van der Waals surface area (Å²) in [6.07, 6.45) is 0. The summed E-state index contributed by atoms with van der Waals surface area (Å²) in [6, 6.07) is 12.1. The highest BCUT2D eigenvalue weighted by Gasteiger charge is 2.10. The lowest BCUT2D eigenvalue weighted by molar-refractivity contribution is 0.100. The van der Waals surface area contributed by atoms with Gasteiger partial charge in [0.25, 0.3) is 5.91 Å².